The smallest absolute Gasteiger partial charge is 0.123 e. The van der Waals surface area contributed by atoms with E-state index >= 15 is 0 Å². The molecule has 24 heavy (non-hydrogen) atoms. The molecule has 0 unspecified atom stereocenters. The van der Waals surface area contributed by atoms with Gasteiger partial charge in [0, 0.05) is 17.6 Å². The van der Waals surface area contributed by atoms with Crippen LogP contribution in [0.4, 0.5) is 4.39 Å². The Balaban J connectivity index is 1.69. The van der Waals surface area contributed by atoms with Crippen LogP contribution in [0.15, 0.2) is 30.5 Å². The van der Waals surface area contributed by atoms with Gasteiger partial charge in [-0.05, 0) is 68.7 Å². The number of aryl methyl sites for hydroxylation is 3. The second-order valence-electron chi connectivity index (χ2n) is 6.94. The van der Waals surface area contributed by atoms with Crippen molar-refractivity contribution in [2.24, 2.45) is 5.92 Å². The van der Waals surface area contributed by atoms with Crippen molar-refractivity contribution in [3.05, 3.63) is 58.8 Å². The molecular weight excluding hydrogens is 301 g/mol. The van der Waals surface area contributed by atoms with Crippen LogP contribution in [0.25, 0.3) is 10.9 Å². The Hall–Kier alpha value is -2.23. The largest absolute Gasteiger partial charge is 0.343 e. The van der Waals surface area contributed by atoms with Crippen molar-refractivity contribution in [2.45, 2.75) is 46.1 Å². The Morgan fingerprint density at radius 3 is 2.58 bits per heavy atom. The molecule has 0 spiro atoms. The van der Waals surface area contributed by atoms with Crippen LogP contribution in [0.5, 0.6) is 0 Å². The molecule has 0 atom stereocenters. The van der Waals surface area contributed by atoms with Crippen LogP contribution in [0, 0.1) is 25.6 Å². The quantitative estimate of drug-likeness (QED) is 0.697. The molecule has 1 fully saturated rings. The lowest BCUT2D eigenvalue weighted by atomic mass is 10.1. The zero-order valence-electron chi connectivity index (χ0n) is 14.2. The summed E-state index contributed by atoms with van der Waals surface area (Å²) in [5.74, 6) is 0.627. The molecule has 1 saturated carbocycles. The molecule has 1 aliphatic rings. The second-order valence-corrected chi connectivity index (χ2v) is 6.94. The maximum absolute atomic E-state index is 13.1. The molecule has 0 aliphatic heterocycles. The van der Waals surface area contributed by atoms with Crippen molar-refractivity contribution >= 4 is 10.9 Å². The van der Waals surface area contributed by atoms with Gasteiger partial charge in [-0.2, -0.15) is 10.2 Å². The molecule has 0 radical (unpaired) electrons. The van der Waals surface area contributed by atoms with Crippen LogP contribution >= 0.6 is 0 Å². The maximum atomic E-state index is 13.1. The monoisotopic (exact) mass is 323 g/mol. The van der Waals surface area contributed by atoms with E-state index in [-0.39, 0.29) is 5.82 Å². The first-order valence-corrected chi connectivity index (χ1v) is 8.68. The summed E-state index contributed by atoms with van der Waals surface area (Å²) in [4.78, 5) is 0. The molecule has 3 nitrogen and oxygen atoms in total. The first kappa shape index (κ1) is 15.3. The molecule has 1 aliphatic carbocycles. The third-order valence-corrected chi connectivity index (χ3v) is 5.22. The van der Waals surface area contributed by atoms with Crippen LogP contribution in [0.2, 0.25) is 0 Å². The van der Waals surface area contributed by atoms with E-state index in [1.807, 2.05) is 18.3 Å². The molecule has 2 heterocycles. The van der Waals surface area contributed by atoms with Crippen molar-refractivity contribution in [1.29, 1.82) is 0 Å². The number of fused-ring (bicyclic) bond motifs is 1. The third-order valence-electron chi connectivity index (χ3n) is 5.22. The van der Waals surface area contributed by atoms with Gasteiger partial charge in [0.15, 0.2) is 0 Å². The maximum Gasteiger partial charge on any atom is 0.123 e. The van der Waals surface area contributed by atoms with E-state index in [1.165, 1.54) is 47.1 Å². The highest BCUT2D eigenvalue weighted by Gasteiger charge is 2.25. The van der Waals surface area contributed by atoms with Gasteiger partial charge in [-0.15, -0.1) is 0 Å². The number of rotatable bonds is 5. The number of hydrogen-bond acceptors (Lipinski definition) is 2. The van der Waals surface area contributed by atoms with Gasteiger partial charge in [0.25, 0.3) is 0 Å². The van der Waals surface area contributed by atoms with E-state index < -0.39 is 0 Å². The first-order valence-electron chi connectivity index (χ1n) is 8.68. The molecule has 4 heteroatoms. The van der Waals surface area contributed by atoms with Gasteiger partial charge in [0.05, 0.1) is 17.4 Å². The number of nitrogens with zero attached hydrogens (tertiary/aromatic N) is 3. The van der Waals surface area contributed by atoms with Gasteiger partial charge >= 0.3 is 0 Å². The fraction of sp³-hybridized carbons (Fsp3) is 0.400. The Kier molecular flexibility index (Phi) is 3.83. The summed E-state index contributed by atoms with van der Waals surface area (Å²) < 4.78 is 15.5. The summed E-state index contributed by atoms with van der Waals surface area (Å²) >= 11 is 0. The zero-order valence-corrected chi connectivity index (χ0v) is 14.2. The summed E-state index contributed by atoms with van der Waals surface area (Å²) in [7, 11) is 0. The molecule has 0 N–H and O–H groups in total. The van der Waals surface area contributed by atoms with Crippen LogP contribution in [-0.4, -0.2) is 14.8 Å². The average Bonchev–Trinajstić information content (AvgIpc) is 3.38. The van der Waals surface area contributed by atoms with Crippen molar-refractivity contribution < 1.29 is 4.39 Å². The number of hydrogen-bond donors (Lipinski definition) is 0. The molecule has 0 saturated heterocycles. The number of aromatic nitrogens is 3. The van der Waals surface area contributed by atoms with E-state index in [9.17, 15) is 4.39 Å². The minimum absolute atomic E-state index is 0.190. The summed E-state index contributed by atoms with van der Waals surface area (Å²) in [5, 5.41) is 9.88. The van der Waals surface area contributed by atoms with Gasteiger partial charge in [0.1, 0.15) is 5.82 Å². The lowest BCUT2D eigenvalue weighted by Gasteiger charge is -2.10. The summed E-state index contributed by atoms with van der Waals surface area (Å²) in [5.41, 5.74) is 6.06. The minimum atomic E-state index is -0.190. The van der Waals surface area contributed by atoms with Gasteiger partial charge in [0.2, 0.25) is 0 Å². The van der Waals surface area contributed by atoms with Crippen molar-refractivity contribution in [3.8, 4) is 0 Å². The van der Waals surface area contributed by atoms with E-state index in [1.54, 1.807) is 0 Å². The third kappa shape index (κ3) is 2.81. The number of halogens is 1. The first-order chi connectivity index (χ1) is 11.6. The van der Waals surface area contributed by atoms with Gasteiger partial charge in [-0.25, -0.2) is 4.39 Å². The van der Waals surface area contributed by atoms with Crippen molar-refractivity contribution in [2.75, 3.05) is 0 Å². The molecule has 4 rings (SSSR count). The lowest BCUT2D eigenvalue weighted by Crippen LogP contribution is -2.06. The molecule has 2 aromatic heterocycles. The van der Waals surface area contributed by atoms with E-state index in [0.717, 1.165) is 36.6 Å². The fourth-order valence-electron chi connectivity index (χ4n) is 3.43. The van der Waals surface area contributed by atoms with Crippen molar-refractivity contribution in [3.63, 3.8) is 0 Å². The topological polar surface area (TPSA) is 30.7 Å². The van der Waals surface area contributed by atoms with Crippen molar-refractivity contribution in [1.82, 2.24) is 14.8 Å². The Labute approximate surface area is 141 Å². The predicted molar refractivity (Wildman–Crippen MR) is 93.5 cm³/mol. The fourth-order valence-corrected chi connectivity index (χ4v) is 3.43. The van der Waals surface area contributed by atoms with Gasteiger partial charge in [-0.1, -0.05) is 12.1 Å². The summed E-state index contributed by atoms with van der Waals surface area (Å²) in [6.45, 7) is 5.46. The molecule has 0 amide bonds. The second kappa shape index (κ2) is 6.00. The minimum Gasteiger partial charge on any atom is -0.343 e. The highest BCUT2D eigenvalue weighted by molar-refractivity contribution is 5.86. The van der Waals surface area contributed by atoms with E-state index in [4.69, 9.17) is 0 Å². The molecule has 3 aromatic rings. The van der Waals surface area contributed by atoms with Gasteiger partial charge in [-0.3, -0.25) is 0 Å². The Bertz CT molecular complexity index is 876. The zero-order chi connectivity index (χ0) is 16.7. The standard InChI is InChI=1S/C20H22FN3/c1-13-14(2)24(12-16-3-4-16)20-18(13)11-22-23-19(20)10-7-15-5-8-17(21)9-6-15/h5-6,8-9,11,16H,3-4,7,10,12H2,1-2H3. The highest BCUT2D eigenvalue weighted by atomic mass is 19.1. The SMILES string of the molecule is Cc1c(C)n(CC2CC2)c2c(CCc3ccc(F)cc3)nncc12. The van der Waals surface area contributed by atoms with Gasteiger partial charge < -0.3 is 4.57 Å². The lowest BCUT2D eigenvalue weighted by molar-refractivity contribution is 0.626. The molecule has 0 bridgehead atoms. The highest BCUT2D eigenvalue weighted by Crippen LogP contribution is 2.35. The normalized spacial score (nSPS) is 14.5. The Morgan fingerprint density at radius 2 is 1.88 bits per heavy atom. The Morgan fingerprint density at radius 1 is 1.12 bits per heavy atom. The van der Waals surface area contributed by atoms with Crippen LogP contribution < -0.4 is 0 Å². The molecule has 1 aromatic carbocycles. The van der Waals surface area contributed by atoms with E-state index in [0.29, 0.717) is 0 Å². The average molecular weight is 323 g/mol. The van der Waals surface area contributed by atoms with Crippen LogP contribution in [-0.2, 0) is 19.4 Å². The molecular formula is C20H22FN3. The number of benzene rings is 1. The van der Waals surface area contributed by atoms with Crippen LogP contribution in [0.3, 0.4) is 0 Å². The predicted octanol–water partition coefficient (Wildman–Crippen LogP) is 4.38. The molecule has 124 valence electrons. The van der Waals surface area contributed by atoms with Crippen LogP contribution in [0.1, 0.15) is 35.4 Å². The summed E-state index contributed by atoms with van der Waals surface area (Å²) in [6.07, 6.45) is 6.23. The summed E-state index contributed by atoms with van der Waals surface area (Å²) in [6, 6.07) is 6.74. The van der Waals surface area contributed by atoms with E-state index in [2.05, 4.69) is 28.6 Å².